The molecule has 0 unspecified atom stereocenters. The lowest BCUT2D eigenvalue weighted by atomic mass is 9.81. The number of piperidine rings is 1. The quantitative estimate of drug-likeness (QED) is 0.802. The van der Waals surface area contributed by atoms with Crippen molar-refractivity contribution in [3.05, 3.63) is 42.0 Å². The van der Waals surface area contributed by atoms with Gasteiger partial charge in [-0.1, -0.05) is 6.07 Å². The fourth-order valence-corrected chi connectivity index (χ4v) is 6.64. The number of nitrogens with zero attached hydrogens (tertiary/aromatic N) is 3. The van der Waals surface area contributed by atoms with Gasteiger partial charge in [0.25, 0.3) is 10.0 Å². The summed E-state index contributed by atoms with van der Waals surface area (Å²) in [6.45, 7) is 3.91. The summed E-state index contributed by atoms with van der Waals surface area (Å²) in [6.07, 6.45) is 5.46. The molecule has 2 fully saturated rings. The first kappa shape index (κ1) is 17.9. The van der Waals surface area contributed by atoms with E-state index in [0.717, 1.165) is 31.6 Å². The molecule has 1 atom stereocenters. The first-order valence-corrected chi connectivity index (χ1v) is 11.2. The van der Waals surface area contributed by atoms with Crippen molar-refractivity contribution in [1.29, 1.82) is 0 Å². The Hall–Kier alpha value is -1.48. The van der Waals surface area contributed by atoms with E-state index < -0.39 is 10.0 Å². The van der Waals surface area contributed by atoms with Gasteiger partial charge in [0, 0.05) is 37.8 Å². The third-order valence-electron chi connectivity index (χ3n) is 5.17. The van der Waals surface area contributed by atoms with E-state index in [1.54, 1.807) is 22.6 Å². The second-order valence-corrected chi connectivity index (χ2v) is 10.2. The van der Waals surface area contributed by atoms with E-state index in [1.807, 2.05) is 17.6 Å². The van der Waals surface area contributed by atoms with Crippen molar-refractivity contribution in [2.24, 2.45) is 5.41 Å². The van der Waals surface area contributed by atoms with Gasteiger partial charge in [0.1, 0.15) is 4.21 Å². The predicted molar refractivity (Wildman–Crippen MR) is 102 cm³/mol. The van der Waals surface area contributed by atoms with Crippen LogP contribution >= 0.6 is 11.3 Å². The minimum atomic E-state index is -3.42. The highest BCUT2D eigenvalue weighted by molar-refractivity contribution is 7.91. The molecule has 140 valence electrons. The molecule has 0 aromatic carbocycles. The molecule has 2 aliphatic rings. The Morgan fingerprint density at radius 3 is 2.88 bits per heavy atom. The van der Waals surface area contributed by atoms with E-state index in [2.05, 4.69) is 16.0 Å². The van der Waals surface area contributed by atoms with E-state index in [9.17, 15) is 8.42 Å². The molecular weight excluding hydrogens is 370 g/mol. The van der Waals surface area contributed by atoms with Crippen LogP contribution in [0.25, 0.3) is 0 Å². The SMILES string of the molecule is O=S(=O)(c1cccs1)N1CCC[C@@]2(COCCN(c3cccnc3)C2)C1. The first-order valence-electron chi connectivity index (χ1n) is 8.86. The number of ether oxygens (including phenoxy) is 1. The second kappa shape index (κ2) is 7.26. The molecule has 0 aliphatic carbocycles. The molecule has 4 rings (SSSR count). The van der Waals surface area contributed by atoms with Crippen LogP contribution < -0.4 is 4.90 Å². The van der Waals surface area contributed by atoms with E-state index in [-0.39, 0.29) is 5.41 Å². The topological polar surface area (TPSA) is 62.7 Å². The zero-order valence-electron chi connectivity index (χ0n) is 14.6. The van der Waals surface area contributed by atoms with Crippen LogP contribution in [0.5, 0.6) is 0 Å². The number of rotatable bonds is 3. The number of aromatic nitrogens is 1. The van der Waals surface area contributed by atoms with Crippen LogP contribution in [0.3, 0.4) is 0 Å². The maximum atomic E-state index is 13.0. The van der Waals surface area contributed by atoms with Gasteiger partial charge < -0.3 is 9.64 Å². The lowest BCUT2D eigenvalue weighted by Crippen LogP contribution is -2.52. The van der Waals surface area contributed by atoms with Crippen molar-refractivity contribution in [2.75, 3.05) is 44.3 Å². The summed E-state index contributed by atoms with van der Waals surface area (Å²) in [5, 5.41) is 1.81. The van der Waals surface area contributed by atoms with Crippen molar-refractivity contribution < 1.29 is 13.2 Å². The van der Waals surface area contributed by atoms with E-state index in [4.69, 9.17) is 4.74 Å². The summed E-state index contributed by atoms with van der Waals surface area (Å²) in [4.78, 5) is 6.50. The summed E-state index contributed by atoms with van der Waals surface area (Å²) < 4.78 is 34.0. The van der Waals surface area contributed by atoms with E-state index in [1.165, 1.54) is 11.3 Å². The van der Waals surface area contributed by atoms with E-state index >= 15 is 0 Å². The summed E-state index contributed by atoms with van der Waals surface area (Å²) in [5.41, 5.74) is 0.880. The number of thiophene rings is 1. The predicted octanol–water partition coefficient (Wildman–Crippen LogP) is 2.45. The molecule has 1 spiro atoms. The van der Waals surface area contributed by atoms with Gasteiger partial charge in [-0.25, -0.2) is 8.42 Å². The summed E-state index contributed by atoms with van der Waals surface area (Å²) in [7, 11) is -3.42. The Bertz CT molecular complexity index is 827. The normalized spacial score (nSPS) is 25.3. The lowest BCUT2D eigenvalue weighted by molar-refractivity contribution is 0.0351. The van der Waals surface area contributed by atoms with Crippen LogP contribution in [-0.4, -0.2) is 57.1 Å². The van der Waals surface area contributed by atoms with Gasteiger partial charge >= 0.3 is 0 Å². The summed E-state index contributed by atoms with van der Waals surface area (Å²) >= 11 is 1.28. The molecule has 0 N–H and O–H groups in total. The zero-order valence-corrected chi connectivity index (χ0v) is 16.2. The Labute approximate surface area is 158 Å². The third kappa shape index (κ3) is 3.51. The Morgan fingerprint density at radius 2 is 2.12 bits per heavy atom. The standard InChI is InChI=1S/C18H23N3O3S2/c22-26(23,17-5-2-11-25-17)21-8-3-6-18(14-21)13-20(9-10-24-15-18)16-4-1-7-19-12-16/h1-2,4-5,7,11-12H,3,6,8-10,13-15H2/t18-/m0/s1. The van der Waals surface area contributed by atoms with Crippen molar-refractivity contribution in [3.63, 3.8) is 0 Å². The molecular formula is C18H23N3O3S2. The molecule has 2 aliphatic heterocycles. The van der Waals surface area contributed by atoms with Crippen LogP contribution in [0.4, 0.5) is 5.69 Å². The molecule has 4 heterocycles. The Balaban J connectivity index is 1.58. The van der Waals surface area contributed by atoms with Crippen LogP contribution in [0, 0.1) is 5.41 Å². The largest absolute Gasteiger partial charge is 0.379 e. The van der Waals surface area contributed by atoms with Gasteiger partial charge in [-0.3, -0.25) is 4.98 Å². The Morgan fingerprint density at radius 1 is 1.19 bits per heavy atom. The molecule has 0 saturated carbocycles. The van der Waals surface area contributed by atoms with E-state index in [0.29, 0.717) is 30.5 Å². The van der Waals surface area contributed by atoms with Crippen molar-refractivity contribution >= 4 is 27.0 Å². The van der Waals surface area contributed by atoms with Crippen molar-refractivity contribution in [3.8, 4) is 0 Å². The molecule has 0 bridgehead atoms. The van der Waals surface area contributed by atoms with Gasteiger partial charge in [0.15, 0.2) is 0 Å². The molecule has 0 amide bonds. The average Bonchev–Trinajstić information content (AvgIpc) is 3.14. The van der Waals surface area contributed by atoms with Crippen LogP contribution in [-0.2, 0) is 14.8 Å². The maximum Gasteiger partial charge on any atom is 0.252 e. The van der Waals surface area contributed by atoms with Crippen LogP contribution in [0.1, 0.15) is 12.8 Å². The number of hydrogen-bond acceptors (Lipinski definition) is 6. The van der Waals surface area contributed by atoms with Crippen LogP contribution in [0.15, 0.2) is 46.2 Å². The Kier molecular flexibility index (Phi) is 5.00. The number of anilines is 1. The highest BCUT2D eigenvalue weighted by atomic mass is 32.2. The molecule has 6 nitrogen and oxygen atoms in total. The minimum Gasteiger partial charge on any atom is -0.379 e. The molecule has 2 aromatic rings. The number of sulfonamides is 1. The first-order chi connectivity index (χ1) is 12.6. The molecule has 2 saturated heterocycles. The van der Waals surface area contributed by atoms with Gasteiger partial charge in [0.05, 0.1) is 25.1 Å². The van der Waals surface area contributed by atoms with Gasteiger partial charge in [-0.2, -0.15) is 4.31 Å². The molecule has 0 radical (unpaired) electrons. The molecule has 26 heavy (non-hydrogen) atoms. The zero-order chi connectivity index (χ0) is 18.0. The van der Waals surface area contributed by atoms with Crippen molar-refractivity contribution in [1.82, 2.24) is 9.29 Å². The highest BCUT2D eigenvalue weighted by Gasteiger charge is 2.42. The van der Waals surface area contributed by atoms with Gasteiger partial charge in [-0.05, 0) is 36.4 Å². The van der Waals surface area contributed by atoms with Gasteiger partial charge in [-0.15, -0.1) is 11.3 Å². The highest BCUT2D eigenvalue weighted by Crippen LogP contribution is 2.37. The fourth-order valence-electron chi connectivity index (χ4n) is 3.91. The maximum absolute atomic E-state index is 13.0. The minimum absolute atomic E-state index is 0.186. The van der Waals surface area contributed by atoms with Crippen LogP contribution in [0.2, 0.25) is 0 Å². The lowest BCUT2D eigenvalue weighted by Gasteiger charge is -2.43. The number of pyridine rings is 1. The number of hydrogen-bond donors (Lipinski definition) is 0. The fraction of sp³-hybridized carbons (Fsp3) is 0.500. The molecule has 2 aromatic heterocycles. The summed E-state index contributed by atoms with van der Waals surface area (Å²) in [5.74, 6) is 0. The third-order valence-corrected chi connectivity index (χ3v) is 8.38. The average molecular weight is 394 g/mol. The summed E-state index contributed by atoms with van der Waals surface area (Å²) in [6, 6.07) is 7.46. The second-order valence-electron chi connectivity index (χ2n) is 7.06. The smallest absolute Gasteiger partial charge is 0.252 e. The van der Waals surface area contributed by atoms with Crippen molar-refractivity contribution in [2.45, 2.75) is 17.1 Å². The monoisotopic (exact) mass is 393 g/mol. The van der Waals surface area contributed by atoms with Gasteiger partial charge in [0.2, 0.25) is 0 Å². The molecule has 8 heteroatoms.